The third-order valence-corrected chi connectivity index (χ3v) is 6.24. The van der Waals surface area contributed by atoms with Crippen molar-refractivity contribution < 1.29 is 14.3 Å². The topological polar surface area (TPSA) is 43.4 Å². The van der Waals surface area contributed by atoms with E-state index in [-0.39, 0.29) is 11.6 Å². The Kier molecular flexibility index (Phi) is 8.24. The van der Waals surface area contributed by atoms with Crippen LogP contribution in [0.1, 0.15) is 64.4 Å². The first-order valence-electron chi connectivity index (χ1n) is 11.5. The SMILES string of the molecule is CCCCCOc1ccc(-c2ccc(CC(=O)C3CCC(CC)CC3=O)cc2)cc1. The second-order valence-corrected chi connectivity index (χ2v) is 8.49. The molecule has 0 N–H and O–H groups in total. The van der Waals surface area contributed by atoms with Crippen LogP contribution in [0.3, 0.4) is 0 Å². The maximum absolute atomic E-state index is 12.7. The molecule has 0 saturated heterocycles. The minimum absolute atomic E-state index is 0.0758. The number of carbonyl (C=O) groups excluding carboxylic acids is 2. The molecule has 1 saturated carbocycles. The highest BCUT2D eigenvalue weighted by Gasteiger charge is 2.32. The van der Waals surface area contributed by atoms with Crippen LogP contribution in [0.4, 0.5) is 0 Å². The standard InChI is InChI=1S/C27H34O3/c1-3-5-6-17-30-24-14-12-23(13-15-24)22-10-7-21(8-11-22)19-27(29)25-16-9-20(4-2)18-26(25)28/h7-8,10-15,20,25H,3-6,9,16-19H2,1-2H3. The van der Waals surface area contributed by atoms with Gasteiger partial charge in [-0.15, -0.1) is 0 Å². The van der Waals surface area contributed by atoms with Gasteiger partial charge >= 0.3 is 0 Å². The number of carbonyl (C=O) groups is 2. The molecule has 160 valence electrons. The lowest BCUT2D eigenvalue weighted by atomic mass is 9.77. The van der Waals surface area contributed by atoms with E-state index in [4.69, 9.17) is 4.74 Å². The van der Waals surface area contributed by atoms with Crippen molar-refractivity contribution in [1.29, 1.82) is 0 Å². The lowest BCUT2D eigenvalue weighted by molar-refractivity contribution is -0.135. The molecule has 1 fully saturated rings. The minimum Gasteiger partial charge on any atom is -0.494 e. The van der Waals surface area contributed by atoms with Crippen molar-refractivity contribution >= 4 is 11.6 Å². The third kappa shape index (κ3) is 6.04. The molecule has 1 aliphatic rings. The van der Waals surface area contributed by atoms with Crippen LogP contribution in [0.15, 0.2) is 48.5 Å². The fraction of sp³-hybridized carbons (Fsp3) is 0.481. The van der Waals surface area contributed by atoms with Crippen molar-refractivity contribution in [3.05, 3.63) is 54.1 Å². The van der Waals surface area contributed by atoms with Crippen LogP contribution in [0.25, 0.3) is 11.1 Å². The molecule has 2 aromatic rings. The predicted octanol–water partition coefficient (Wildman–Crippen LogP) is 6.43. The second-order valence-electron chi connectivity index (χ2n) is 8.49. The predicted molar refractivity (Wildman–Crippen MR) is 122 cm³/mol. The summed E-state index contributed by atoms with van der Waals surface area (Å²) in [4.78, 5) is 25.0. The van der Waals surface area contributed by atoms with Gasteiger partial charge in [-0.25, -0.2) is 0 Å². The van der Waals surface area contributed by atoms with E-state index in [2.05, 4.69) is 38.1 Å². The van der Waals surface area contributed by atoms with E-state index in [1.807, 2.05) is 24.3 Å². The number of hydrogen-bond acceptors (Lipinski definition) is 3. The second kappa shape index (κ2) is 11.1. The molecule has 2 aromatic carbocycles. The Morgan fingerprint density at radius 3 is 2.20 bits per heavy atom. The number of ether oxygens (including phenoxy) is 1. The van der Waals surface area contributed by atoms with Gasteiger partial charge in [-0.05, 0) is 54.0 Å². The molecule has 0 aliphatic heterocycles. The summed E-state index contributed by atoms with van der Waals surface area (Å²) in [5, 5.41) is 0. The Bertz CT molecular complexity index is 820. The van der Waals surface area contributed by atoms with E-state index in [0.717, 1.165) is 54.7 Å². The average Bonchev–Trinajstić information content (AvgIpc) is 2.77. The van der Waals surface area contributed by atoms with Gasteiger partial charge < -0.3 is 4.74 Å². The van der Waals surface area contributed by atoms with E-state index >= 15 is 0 Å². The zero-order valence-electron chi connectivity index (χ0n) is 18.4. The van der Waals surface area contributed by atoms with Crippen LogP contribution in [0, 0.1) is 11.8 Å². The van der Waals surface area contributed by atoms with E-state index in [1.165, 1.54) is 12.8 Å². The van der Waals surface area contributed by atoms with Crippen molar-refractivity contribution in [1.82, 2.24) is 0 Å². The van der Waals surface area contributed by atoms with Gasteiger partial charge in [0.05, 0.1) is 12.5 Å². The summed E-state index contributed by atoms with van der Waals surface area (Å²) < 4.78 is 5.78. The first-order chi connectivity index (χ1) is 14.6. The lowest BCUT2D eigenvalue weighted by Gasteiger charge is -2.25. The Balaban J connectivity index is 1.54. The van der Waals surface area contributed by atoms with Gasteiger partial charge in [0.2, 0.25) is 0 Å². The van der Waals surface area contributed by atoms with Crippen LogP contribution < -0.4 is 4.74 Å². The molecule has 30 heavy (non-hydrogen) atoms. The summed E-state index contributed by atoms with van der Waals surface area (Å²) in [6.07, 6.45) is 7.14. The lowest BCUT2D eigenvalue weighted by Crippen LogP contribution is -2.31. The Morgan fingerprint density at radius 1 is 0.933 bits per heavy atom. The molecule has 0 heterocycles. The summed E-state index contributed by atoms with van der Waals surface area (Å²) in [6.45, 7) is 5.07. The summed E-state index contributed by atoms with van der Waals surface area (Å²) in [5.74, 6) is 1.20. The fourth-order valence-electron chi connectivity index (χ4n) is 4.21. The van der Waals surface area contributed by atoms with Crippen LogP contribution in [0.5, 0.6) is 5.75 Å². The van der Waals surface area contributed by atoms with Crippen LogP contribution in [0.2, 0.25) is 0 Å². The third-order valence-electron chi connectivity index (χ3n) is 6.24. The fourth-order valence-corrected chi connectivity index (χ4v) is 4.21. The largest absolute Gasteiger partial charge is 0.494 e. The van der Waals surface area contributed by atoms with E-state index in [9.17, 15) is 9.59 Å². The highest BCUT2D eigenvalue weighted by molar-refractivity contribution is 6.03. The van der Waals surface area contributed by atoms with E-state index in [0.29, 0.717) is 18.8 Å². The number of ketones is 2. The first kappa shape index (κ1) is 22.3. The van der Waals surface area contributed by atoms with Crippen molar-refractivity contribution in [2.45, 2.75) is 65.2 Å². The van der Waals surface area contributed by atoms with Gasteiger partial charge in [-0.3, -0.25) is 9.59 Å². The monoisotopic (exact) mass is 406 g/mol. The van der Waals surface area contributed by atoms with Gasteiger partial charge in [0.15, 0.2) is 0 Å². The Labute approximate surface area is 180 Å². The zero-order chi connectivity index (χ0) is 21.3. The smallest absolute Gasteiger partial charge is 0.147 e. The van der Waals surface area contributed by atoms with Gasteiger partial charge in [0.1, 0.15) is 17.3 Å². The number of rotatable bonds is 10. The quantitative estimate of drug-likeness (QED) is 0.337. The molecule has 0 bridgehead atoms. The molecule has 0 radical (unpaired) electrons. The van der Waals surface area contributed by atoms with Crippen LogP contribution >= 0.6 is 0 Å². The molecule has 0 aromatic heterocycles. The molecule has 0 amide bonds. The number of benzene rings is 2. The Hall–Kier alpha value is -2.42. The van der Waals surface area contributed by atoms with Crippen molar-refractivity contribution in [2.24, 2.45) is 11.8 Å². The maximum Gasteiger partial charge on any atom is 0.147 e. The molecule has 1 aliphatic carbocycles. The van der Waals surface area contributed by atoms with E-state index < -0.39 is 5.92 Å². The highest BCUT2D eigenvalue weighted by atomic mass is 16.5. The molecule has 3 rings (SSSR count). The van der Waals surface area contributed by atoms with Crippen LogP contribution in [-0.4, -0.2) is 18.2 Å². The van der Waals surface area contributed by atoms with Crippen molar-refractivity contribution in [3.8, 4) is 16.9 Å². The summed E-state index contributed by atoms with van der Waals surface area (Å²) in [5.41, 5.74) is 3.22. The van der Waals surface area contributed by atoms with Gasteiger partial charge in [-0.2, -0.15) is 0 Å². The molecule has 2 atom stereocenters. The van der Waals surface area contributed by atoms with Gasteiger partial charge in [0, 0.05) is 12.8 Å². The molecule has 3 heteroatoms. The summed E-state index contributed by atoms with van der Waals surface area (Å²) in [7, 11) is 0. The number of hydrogen-bond donors (Lipinski definition) is 0. The Morgan fingerprint density at radius 2 is 1.60 bits per heavy atom. The molecular formula is C27H34O3. The summed E-state index contributed by atoms with van der Waals surface area (Å²) in [6, 6.07) is 16.3. The van der Waals surface area contributed by atoms with Gasteiger partial charge in [0.25, 0.3) is 0 Å². The van der Waals surface area contributed by atoms with Crippen LogP contribution in [-0.2, 0) is 16.0 Å². The average molecular weight is 407 g/mol. The normalized spacial score (nSPS) is 18.9. The first-order valence-corrected chi connectivity index (χ1v) is 11.5. The zero-order valence-corrected chi connectivity index (χ0v) is 18.4. The molecule has 2 unspecified atom stereocenters. The molecule has 3 nitrogen and oxygen atoms in total. The summed E-state index contributed by atoms with van der Waals surface area (Å²) >= 11 is 0. The molecule has 0 spiro atoms. The highest BCUT2D eigenvalue weighted by Crippen LogP contribution is 2.29. The number of Topliss-reactive ketones (excluding diaryl/α,β-unsaturated/α-hetero) is 2. The van der Waals surface area contributed by atoms with Crippen molar-refractivity contribution in [2.75, 3.05) is 6.61 Å². The number of unbranched alkanes of at least 4 members (excludes halogenated alkanes) is 2. The molecular weight excluding hydrogens is 372 g/mol. The minimum atomic E-state index is -0.391. The maximum atomic E-state index is 12.7. The van der Waals surface area contributed by atoms with Crippen molar-refractivity contribution in [3.63, 3.8) is 0 Å². The van der Waals surface area contributed by atoms with Gasteiger partial charge in [-0.1, -0.05) is 69.5 Å². The van der Waals surface area contributed by atoms with E-state index in [1.54, 1.807) is 0 Å².